The van der Waals surface area contributed by atoms with Crippen LogP contribution in [0.25, 0.3) is 0 Å². The molecule has 0 aromatic heterocycles. The van der Waals surface area contributed by atoms with Gasteiger partial charge in [-0.2, -0.15) is 0 Å². The molecular weight excluding hydrogens is 414 g/mol. The average Bonchev–Trinajstić information content (AvgIpc) is 2.79. The van der Waals surface area contributed by atoms with Gasteiger partial charge in [-0.25, -0.2) is 4.79 Å². The topological polar surface area (TPSA) is 72.5 Å². The van der Waals surface area contributed by atoms with Gasteiger partial charge in [-0.3, -0.25) is 9.59 Å². The monoisotopic (exact) mass is 435 g/mol. The van der Waals surface area contributed by atoms with Crippen LogP contribution in [-0.2, 0) is 16.0 Å². The Morgan fingerprint density at radius 2 is 1.48 bits per heavy atom. The number of benzene rings is 3. The summed E-state index contributed by atoms with van der Waals surface area (Å²) in [5.74, 6) is -1.46. The Labute approximate surface area is 186 Å². The predicted octanol–water partition coefficient (Wildman–Crippen LogP) is 4.48. The second-order valence-corrected chi connectivity index (χ2v) is 7.39. The fourth-order valence-corrected chi connectivity index (χ4v) is 3.14. The zero-order valence-electron chi connectivity index (χ0n) is 17.0. The standard InChI is InChI=1S/C25H22ClNO4/c1-17(24(29)27-16-15-18-7-3-2-4-8-18)31-25(30)22-10-6-5-9-21(22)23(28)19-11-13-20(26)14-12-19/h2-14,17H,15-16H2,1H3,(H,27,29). The summed E-state index contributed by atoms with van der Waals surface area (Å²) in [5.41, 5.74) is 1.80. The van der Waals surface area contributed by atoms with Gasteiger partial charge in [-0.15, -0.1) is 0 Å². The Bertz CT molecular complexity index is 1060. The van der Waals surface area contributed by atoms with E-state index in [9.17, 15) is 14.4 Å². The van der Waals surface area contributed by atoms with Crippen LogP contribution in [0.1, 0.15) is 38.8 Å². The molecule has 0 bridgehead atoms. The van der Waals surface area contributed by atoms with Gasteiger partial charge in [0.2, 0.25) is 0 Å². The molecule has 3 rings (SSSR count). The lowest BCUT2D eigenvalue weighted by Crippen LogP contribution is -2.37. The van der Waals surface area contributed by atoms with Crippen LogP contribution in [0, 0.1) is 0 Å². The number of ketones is 1. The quantitative estimate of drug-likeness (QED) is 0.418. The predicted molar refractivity (Wildman–Crippen MR) is 119 cm³/mol. The highest BCUT2D eigenvalue weighted by molar-refractivity contribution is 6.30. The minimum absolute atomic E-state index is 0.103. The number of nitrogens with one attached hydrogen (secondary N) is 1. The molecule has 0 fully saturated rings. The van der Waals surface area contributed by atoms with Crippen molar-refractivity contribution in [3.63, 3.8) is 0 Å². The zero-order chi connectivity index (χ0) is 22.2. The third-order valence-corrected chi connectivity index (χ3v) is 4.96. The van der Waals surface area contributed by atoms with Gasteiger partial charge in [0, 0.05) is 22.7 Å². The number of carbonyl (C=O) groups excluding carboxylic acids is 3. The Hall–Kier alpha value is -3.44. The maximum Gasteiger partial charge on any atom is 0.339 e. The molecule has 0 aliphatic carbocycles. The molecule has 0 saturated carbocycles. The molecule has 0 radical (unpaired) electrons. The number of halogens is 1. The van der Waals surface area contributed by atoms with E-state index in [4.69, 9.17) is 16.3 Å². The van der Waals surface area contributed by atoms with Crippen LogP contribution in [0.15, 0.2) is 78.9 Å². The normalized spacial score (nSPS) is 11.4. The lowest BCUT2D eigenvalue weighted by molar-refractivity contribution is -0.129. The van der Waals surface area contributed by atoms with E-state index in [2.05, 4.69) is 5.32 Å². The summed E-state index contributed by atoms with van der Waals surface area (Å²) in [7, 11) is 0. The third-order valence-electron chi connectivity index (χ3n) is 4.71. The van der Waals surface area contributed by atoms with Gasteiger partial charge in [-0.1, -0.05) is 60.1 Å². The van der Waals surface area contributed by atoms with Crippen LogP contribution in [0.2, 0.25) is 5.02 Å². The minimum Gasteiger partial charge on any atom is -0.449 e. The highest BCUT2D eigenvalue weighted by Crippen LogP contribution is 2.18. The molecule has 31 heavy (non-hydrogen) atoms. The first-order chi connectivity index (χ1) is 15.0. The van der Waals surface area contributed by atoms with Crippen molar-refractivity contribution >= 4 is 29.3 Å². The molecule has 1 N–H and O–H groups in total. The molecule has 1 unspecified atom stereocenters. The number of ether oxygens (including phenoxy) is 1. The number of carbonyl (C=O) groups is 3. The molecule has 0 aliphatic heterocycles. The van der Waals surface area contributed by atoms with Gasteiger partial charge in [0.1, 0.15) is 0 Å². The van der Waals surface area contributed by atoms with Crippen molar-refractivity contribution < 1.29 is 19.1 Å². The average molecular weight is 436 g/mol. The maximum absolute atomic E-state index is 12.8. The number of hydrogen-bond acceptors (Lipinski definition) is 4. The van der Waals surface area contributed by atoms with Gasteiger partial charge in [0.25, 0.3) is 5.91 Å². The SMILES string of the molecule is CC(OC(=O)c1ccccc1C(=O)c1ccc(Cl)cc1)C(=O)NCCc1ccccc1. The zero-order valence-corrected chi connectivity index (χ0v) is 17.8. The Morgan fingerprint density at radius 1 is 0.871 bits per heavy atom. The van der Waals surface area contributed by atoms with E-state index in [0.717, 1.165) is 5.56 Å². The molecular formula is C25H22ClNO4. The minimum atomic E-state index is -0.998. The molecule has 158 valence electrons. The molecule has 0 spiro atoms. The fourth-order valence-electron chi connectivity index (χ4n) is 3.01. The van der Waals surface area contributed by atoms with Crippen LogP contribution >= 0.6 is 11.6 Å². The number of hydrogen-bond donors (Lipinski definition) is 1. The highest BCUT2D eigenvalue weighted by Gasteiger charge is 2.23. The number of rotatable bonds is 8. The number of esters is 1. The van der Waals surface area contributed by atoms with Crippen molar-refractivity contribution in [3.8, 4) is 0 Å². The summed E-state index contributed by atoms with van der Waals surface area (Å²) < 4.78 is 5.32. The van der Waals surface area contributed by atoms with Crippen molar-refractivity contribution in [1.29, 1.82) is 0 Å². The Balaban J connectivity index is 1.62. The summed E-state index contributed by atoms with van der Waals surface area (Å²) in [4.78, 5) is 37.8. The fraction of sp³-hybridized carbons (Fsp3) is 0.160. The molecule has 3 aromatic rings. The second kappa shape index (κ2) is 10.5. The van der Waals surface area contributed by atoms with Crippen LogP contribution < -0.4 is 5.32 Å². The highest BCUT2D eigenvalue weighted by atomic mass is 35.5. The summed E-state index contributed by atoms with van der Waals surface area (Å²) in [5, 5.41) is 3.27. The van der Waals surface area contributed by atoms with Crippen LogP contribution in [0.3, 0.4) is 0 Å². The van der Waals surface area contributed by atoms with E-state index < -0.39 is 18.0 Å². The van der Waals surface area contributed by atoms with E-state index >= 15 is 0 Å². The summed E-state index contributed by atoms with van der Waals surface area (Å²) >= 11 is 5.88. The summed E-state index contributed by atoms with van der Waals surface area (Å²) in [6.45, 7) is 1.93. The van der Waals surface area contributed by atoms with Gasteiger partial charge in [-0.05, 0) is 49.2 Å². The van der Waals surface area contributed by atoms with Gasteiger partial charge >= 0.3 is 5.97 Å². The molecule has 3 aromatic carbocycles. The smallest absolute Gasteiger partial charge is 0.339 e. The molecule has 0 heterocycles. The maximum atomic E-state index is 12.8. The Morgan fingerprint density at radius 3 is 2.16 bits per heavy atom. The van der Waals surface area contributed by atoms with Crippen LogP contribution in [0.4, 0.5) is 0 Å². The van der Waals surface area contributed by atoms with Crippen molar-refractivity contribution in [1.82, 2.24) is 5.32 Å². The third kappa shape index (κ3) is 6.03. The largest absolute Gasteiger partial charge is 0.449 e. The molecule has 5 nitrogen and oxygen atoms in total. The van der Waals surface area contributed by atoms with Crippen molar-refractivity contribution in [2.75, 3.05) is 6.54 Å². The summed E-state index contributed by atoms with van der Waals surface area (Å²) in [6, 6.07) is 22.5. The molecule has 1 amide bonds. The first-order valence-corrected chi connectivity index (χ1v) is 10.3. The second-order valence-electron chi connectivity index (χ2n) is 6.96. The first-order valence-electron chi connectivity index (χ1n) is 9.87. The van der Waals surface area contributed by atoms with E-state index in [1.54, 1.807) is 42.5 Å². The van der Waals surface area contributed by atoms with Crippen molar-refractivity contribution in [2.24, 2.45) is 0 Å². The van der Waals surface area contributed by atoms with E-state index in [-0.39, 0.29) is 16.9 Å². The molecule has 0 aliphatic rings. The lowest BCUT2D eigenvalue weighted by Gasteiger charge is -2.15. The molecule has 0 saturated heterocycles. The van der Waals surface area contributed by atoms with E-state index in [0.29, 0.717) is 23.6 Å². The van der Waals surface area contributed by atoms with Gasteiger partial charge in [0.15, 0.2) is 11.9 Å². The van der Waals surface area contributed by atoms with Crippen molar-refractivity contribution in [3.05, 3.63) is 106 Å². The lowest BCUT2D eigenvalue weighted by atomic mass is 9.98. The number of amides is 1. The van der Waals surface area contributed by atoms with E-state index in [1.165, 1.54) is 13.0 Å². The van der Waals surface area contributed by atoms with Gasteiger partial charge in [0.05, 0.1) is 5.56 Å². The summed E-state index contributed by atoms with van der Waals surface area (Å²) in [6.07, 6.45) is -0.326. The Kier molecular flexibility index (Phi) is 7.57. The van der Waals surface area contributed by atoms with Crippen molar-refractivity contribution in [2.45, 2.75) is 19.4 Å². The van der Waals surface area contributed by atoms with Crippen LogP contribution in [0.5, 0.6) is 0 Å². The first kappa shape index (κ1) is 22.2. The van der Waals surface area contributed by atoms with E-state index in [1.807, 2.05) is 30.3 Å². The van der Waals surface area contributed by atoms with Crippen LogP contribution in [-0.4, -0.2) is 30.3 Å². The molecule has 1 atom stereocenters. The van der Waals surface area contributed by atoms with Gasteiger partial charge < -0.3 is 10.1 Å². The molecule has 6 heteroatoms.